The van der Waals surface area contributed by atoms with E-state index in [1.54, 1.807) is 10.8 Å². The molecule has 1 fully saturated rings. The molecule has 1 heterocycles. The number of halogens is 1. The van der Waals surface area contributed by atoms with Gasteiger partial charge in [-0.3, -0.25) is 9.36 Å². The van der Waals surface area contributed by atoms with E-state index in [2.05, 4.69) is 27.8 Å². The Morgan fingerprint density at radius 1 is 1.60 bits per heavy atom. The molecule has 2 rings (SSSR count). The van der Waals surface area contributed by atoms with E-state index in [0.29, 0.717) is 9.89 Å². The van der Waals surface area contributed by atoms with E-state index in [-0.39, 0.29) is 5.56 Å². The first-order valence-electron chi connectivity index (χ1n) is 5.24. The van der Waals surface area contributed by atoms with Crippen LogP contribution >= 0.6 is 15.9 Å². The number of aryl methyl sites for hydroxylation is 1. The second kappa shape index (κ2) is 3.74. The molecule has 3 nitrogen and oxygen atoms in total. The Morgan fingerprint density at radius 2 is 2.27 bits per heavy atom. The summed E-state index contributed by atoms with van der Waals surface area (Å²) < 4.78 is 2.33. The van der Waals surface area contributed by atoms with Crippen LogP contribution in [0.5, 0.6) is 0 Å². The standard InChI is InChI=1S/C11H15BrN2O/c1-8-13-6-9(12)10(15)14(8)7-11(2)4-3-5-11/h6H,3-5,7H2,1-2H3. The lowest BCUT2D eigenvalue weighted by Crippen LogP contribution is -2.36. The summed E-state index contributed by atoms with van der Waals surface area (Å²) in [7, 11) is 0. The molecule has 0 spiro atoms. The molecule has 15 heavy (non-hydrogen) atoms. The minimum atomic E-state index is 0.0376. The fourth-order valence-corrected chi connectivity index (χ4v) is 2.37. The Bertz CT molecular complexity index is 435. The predicted octanol–water partition coefficient (Wildman–Crippen LogP) is 2.50. The van der Waals surface area contributed by atoms with Gasteiger partial charge in [-0.1, -0.05) is 13.3 Å². The molecule has 0 aliphatic heterocycles. The van der Waals surface area contributed by atoms with Gasteiger partial charge in [0.25, 0.3) is 5.56 Å². The topological polar surface area (TPSA) is 34.9 Å². The van der Waals surface area contributed by atoms with Crippen LogP contribution in [0.1, 0.15) is 32.0 Å². The van der Waals surface area contributed by atoms with Crippen molar-refractivity contribution >= 4 is 15.9 Å². The van der Waals surface area contributed by atoms with E-state index in [1.807, 2.05) is 6.92 Å². The van der Waals surface area contributed by atoms with Gasteiger partial charge in [-0.2, -0.15) is 0 Å². The molecule has 0 saturated heterocycles. The minimum absolute atomic E-state index is 0.0376. The quantitative estimate of drug-likeness (QED) is 0.828. The van der Waals surface area contributed by atoms with Crippen LogP contribution < -0.4 is 5.56 Å². The Morgan fingerprint density at radius 3 is 2.80 bits per heavy atom. The van der Waals surface area contributed by atoms with Crippen molar-refractivity contribution in [2.75, 3.05) is 0 Å². The van der Waals surface area contributed by atoms with Crippen LogP contribution in [0.4, 0.5) is 0 Å². The summed E-state index contributed by atoms with van der Waals surface area (Å²) >= 11 is 3.23. The molecule has 0 bridgehead atoms. The molecule has 0 N–H and O–H groups in total. The van der Waals surface area contributed by atoms with Gasteiger partial charge in [0, 0.05) is 12.7 Å². The second-order valence-corrected chi connectivity index (χ2v) is 5.56. The number of nitrogens with zero attached hydrogens (tertiary/aromatic N) is 2. The van der Waals surface area contributed by atoms with Crippen LogP contribution in [0.3, 0.4) is 0 Å². The molecular formula is C11H15BrN2O. The van der Waals surface area contributed by atoms with Crippen LogP contribution in [0.2, 0.25) is 0 Å². The number of hydrogen-bond acceptors (Lipinski definition) is 2. The van der Waals surface area contributed by atoms with Crippen molar-refractivity contribution in [1.82, 2.24) is 9.55 Å². The highest BCUT2D eigenvalue weighted by Gasteiger charge is 2.32. The highest BCUT2D eigenvalue weighted by molar-refractivity contribution is 9.10. The average Bonchev–Trinajstić information content (AvgIpc) is 2.16. The highest BCUT2D eigenvalue weighted by Crippen LogP contribution is 2.41. The summed E-state index contributed by atoms with van der Waals surface area (Å²) in [6.45, 7) is 4.92. The zero-order valence-electron chi connectivity index (χ0n) is 9.09. The maximum atomic E-state index is 11.9. The molecule has 0 atom stereocenters. The summed E-state index contributed by atoms with van der Waals surface area (Å²) in [5, 5.41) is 0. The molecule has 1 aromatic heterocycles. The Kier molecular flexibility index (Phi) is 2.71. The van der Waals surface area contributed by atoms with E-state index in [0.717, 1.165) is 12.4 Å². The lowest BCUT2D eigenvalue weighted by atomic mass is 9.70. The first kappa shape index (κ1) is 10.9. The van der Waals surface area contributed by atoms with Crippen LogP contribution in [0.25, 0.3) is 0 Å². The predicted molar refractivity (Wildman–Crippen MR) is 62.9 cm³/mol. The van der Waals surface area contributed by atoms with Gasteiger partial charge < -0.3 is 0 Å². The summed E-state index contributed by atoms with van der Waals surface area (Å²) in [6.07, 6.45) is 5.29. The fraction of sp³-hybridized carbons (Fsp3) is 0.636. The lowest BCUT2D eigenvalue weighted by molar-refractivity contribution is 0.128. The van der Waals surface area contributed by atoms with Crippen LogP contribution in [-0.2, 0) is 6.54 Å². The molecule has 0 radical (unpaired) electrons. The maximum absolute atomic E-state index is 11.9. The first-order chi connectivity index (χ1) is 7.02. The molecule has 1 aromatic rings. The van der Waals surface area contributed by atoms with Crippen molar-refractivity contribution in [3.8, 4) is 0 Å². The van der Waals surface area contributed by atoms with E-state index in [1.165, 1.54) is 19.3 Å². The minimum Gasteiger partial charge on any atom is -0.295 e. The molecule has 1 aliphatic carbocycles. The highest BCUT2D eigenvalue weighted by atomic mass is 79.9. The summed E-state index contributed by atoms with van der Waals surface area (Å²) in [6, 6.07) is 0. The third kappa shape index (κ3) is 2.00. The SMILES string of the molecule is Cc1ncc(Br)c(=O)n1CC1(C)CCC1. The third-order valence-corrected chi connectivity index (χ3v) is 3.85. The largest absolute Gasteiger partial charge is 0.295 e. The van der Waals surface area contributed by atoms with Gasteiger partial charge in [0.05, 0.1) is 0 Å². The molecule has 1 aliphatic rings. The van der Waals surface area contributed by atoms with Crippen molar-refractivity contribution in [3.63, 3.8) is 0 Å². The Labute approximate surface area is 97.7 Å². The summed E-state index contributed by atoms with van der Waals surface area (Å²) in [5.74, 6) is 0.802. The van der Waals surface area contributed by atoms with Crippen molar-refractivity contribution in [2.24, 2.45) is 5.41 Å². The van der Waals surface area contributed by atoms with Crippen LogP contribution in [-0.4, -0.2) is 9.55 Å². The number of rotatable bonds is 2. The van der Waals surface area contributed by atoms with Crippen molar-refractivity contribution in [1.29, 1.82) is 0 Å². The fourth-order valence-electron chi connectivity index (χ4n) is 2.06. The van der Waals surface area contributed by atoms with Gasteiger partial charge in [-0.25, -0.2) is 4.98 Å². The van der Waals surface area contributed by atoms with Crippen molar-refractivity contribution < 1.29 is 0 Å². The normalized spacial score (nSPS) is 18.6. The van der Waals surface area contributed by atoms with Crippen LogP contribution in [0.15, 0.2) is 15.5 Å². The maximum Gasteiger partial charge on any atom is 0.267 e. The molecule has 1 saturated carbocycles. The van der Waals surface area contributed by atoms with Crippen molar-refractivity contribution in [2.45, 2.75) is 39.7 Å². The molecule has 4 heteroatoms. The zero-order chi connectivity index (χ0) is 11.1. The molecule has 82 valence electrons. The Hall–Kier alpha value is -0.640. The third-order valence-electron chi connectivity index (χ3n) is 3.31. The Balaban J connectivity index is 2.35. The summed E-state index contributed by atoms with van der Waals surface area (Å²) in [4.78, 5) is 16.1. The van der Waals surface area contributed by atoms with Gasteiger partial charge in [0.2, 0.25) is 0 Å². The van der Waals surface area contributed by atoms with E-state index in [4.69, 9.17) is 0 Å². The number of hydrogen-bond donors (Lipinski definition) is 0. The van der Waals surface area contributed by atoms with Gasteiger partial charge in [0.15, 0.2) is 0 Å². The monoisotopic (exact) mass is 270 g/mol. The second-order valence-electron chi connectivity index (χ2n) is 4.71. The van der Waals surface area contributed by atoms with Crippen LogP contribution in [0, 0.1) is 12.3 Å². The molecule has 0 aromatic carbocycles. The molecule has 0 amide bonds. The average molecular weight is 271 g/mol. The van der Waals surface area contributed by atoms with E-state index in [9.17, 15) is 4.79 Å². The smallest absolute Gasteiger partial charge is 0.267 e. The van der Waals surface area contributed by atoms with Gasteiger partial charge in [-0.15, -0.1) is 0 Å². The first-order valence-corrected chi connectivity index (χ1v) is 6.03. The van der Waals surface area contributed by atoms with Crippen molar-refractivity contribution in [3.05, 3.63) is 26.8 Å². The van der Waals surface area contributed by atoms with E-state index >= 15 is 0 Å². The number of aromatic nitrogens is 2. The molecular weight excluding hydrogens is 256 g/mol. The van der Waals surface area contributed by atoms with E-state index < -0.39 is 0 Å². The van der Waals surface area contributed by atoms with Gasteiger partial charge in [0.1, 0.15) is 10.3 Å². The summed E-state index contributed by atoms with van der Waals surface area (Å²) in [5.41, 5.74) is 0.340. The molecule has 0 unspecified atom stereocenters. The lowest BCUT2D eigenvalue weighted by Gasteiger charge is -2.39. The van der Waals surface area contributed by atoms with Gasteiger partial charge in [-0.05, 0) is 41.1 Å². The van der Waals surface area contributed by atoms with Gasteiger partial charge >= 0.3 is 0 Å². The zero-order valence-corrected chi connectivity index (χ0v) is 10.7.